The van der Waals surface area contributed by atoms with Gasteiger partial charge in [-0.2, -0.15) is 0 Å². The summed E-state index contributed by atoms with van der Waals surface area (Å²) in [7, 11) is 0. The molecular formula is C18H18FN5OS. The van der Waals surface area contributed by atoms with Crippen LogP contribution in [0.1, 0.15) is 13.8 Å². The number of nitrogens with one attached hydrogen (secondary N) is 1. The van der Waals surface area contributed by atoms with Crippen LogP contribution in [0.2, 0.25) is 0 Å². The van der Waals surface area contributed by atoms with E-state index in [1.54, 1.807) is 31.5 Å². The minimum Gasteiger partial charge on any atom is -0.325 e. The van der Waals surface area contributed by atoms with Gasteiger partial charge in [-0.05, 0) is 44.2 Å². The van der Waals surface area contributed by atoms with Gasteiger partial charge in [0.1, 0.15) is 5.82 Å². The first-order chi connectivity index (χ1) is 12.6. The molecule has 134 valence electrons. The Morgan fingerprint density at radius 3 is 2.73 bits per heavy atom. The molecule has 2 heterocycles. The van der Waals surface area contributed by atoms with Gasteiger partial charge in [0.15, 0.2) is 11.0 Å². The Kier molecular flexibility index (Phi) is 5.62. The highest BCUT2D eigenvalue weighted by molar-refractivity contribution is 8.00. The molecule has 0 radical (unpaired) electrons. The van der Waals surface area contributed by atoms with Crippen LogP contribution < -0.4 is 5.32 Å². The number of hydrogen-bond acceptors (Lipinski definition) is 5. The SMILES string of the molecule is CCn1c(S[C@H](C)C(=O)Nc2cccc(F)c2)nnc1-c1ccncc1. The number of halogens is 1. The topological polar surface area (TPSA) is 72.7 Å². The van der Waals surface area contributed by atoms with Crippen LogP contribution in [0.5, 0.6) is 0 Å². The lowest BCUT2D eigenvalue weighted by Gasteiger charge is -2.13. The van der Waals surface area contributed by atoms with Gasteiger partial charge in [0.25, 0.3) is 0 Å². The average molecular weight is 371 g/mol. The fraction of sp³-hybridized carbons (Fsp3) is 0.222. The maximum Gasteiger partial charge on any atom is 0.237 e. The molecule has 2 aromatic heterocycles. The third kappa shape index (κ3) is 4.08. The van der Waals surface area contributed by atoms with Crippen molar-refractivity contribution >= 4 is 23.4 Å². The summed E-state index contributed by atoms with van der Waals surface area (Å²) in [6.07, 6.45) is 3.40. The maximum atomic E-state index is 13.2. The lowest BCUT2D eigenvalue weighted by Crippen LogP contribution is -2.23. The predicted molar refractivity (Wildman–Crippen MR) is 99.3 cm³/mol. The summed E-state index contributed by atoms with van der Waals surface area (Å²) in [5, 5.41) is 11.4. The minimum absolute atomic E-state index is 0.225. The smallest absolute Gasteiger partial charge is 0.237 e. The summed E-state index contributed by atoms with van der Waals surface area (Å²) in [5.41, 5.74) is 1.34. The Hall–Kier alpha value is -2.74. The second-order valence-electron chi connectivity index (χ2n) is 5.55. The third-order valence-corrected chi connectivity index (χ3v) is 4.80. The first-order valence-electron chi connectivity index (χ1n) is 8.15. The van der Waals surface area contributed by atoms with E-state index in [-0.39, 0.29) is 5.91 Å². The fourth-order valence-corrected chi connectivity index (χ4v) is 3.31. The van der Waals surface area contributed by atoms with E-state index < -0.39 is 11.1 Å². The molecule has 3 aromatic rings. The van der Waals surface area contributed by atoms with Gasteiger partial charge in [0.2, 0.25) is 5.91 Å². The van der Waals surface area contributed by atoms with Crippen LogP contribution in [0.25, 0.3) is 11.4 Å². The van der Waals surface area contributed by atoms with Gasteiger partial charge >= 0.3 is 0 Å². The number of carbonyl (C=O) groups excluding carboxylic acids is 1. The average Bonchev–Trinajstić information content (AvgIpc) is 3.05. The molecular weight excluding hydrogens is 353 g/mol. The van der Waals surface area contributed by atoms with E-state index in [1.165, 1.54) is 23.9 Å². The molecule has 1 N–H and O–H groups in total. The first kappa shape index (κ1) is 18.1. The molecule has 0 aliphatic heterocycles. The number of thioether (sulfide) groups is 1. The lowest BCUT2D eigenvalue weighted by molar-refractivity contribution is -0.115. The molecule has 1 atom stereocenters. The van der Waals surface area contributed by atoms with Crippen molar-refractivity contribution in [3.05, 3.63) is 54.6 Å². The summed E-state index contributed by atoms with van der Waals surface area (Å²) in [4.78, 5) is 16.4. The number of pyridine rings is 1. The van der Waals surface area contributed by atoms with Crippen LogP contribution in [0.15, 0.2) is 53.9 Å². The van der Waals surface area contributed by atoms with E-state index in [2.05, 4.69) is 20.5 Å². The number of anilines is 1. The van der Waals surface area contributed by atoms with Crippen LogP contribution in [-0.4, -0.2) is 30.9 Å². The van der Waals surface area contributed by atoms with Gasteiger partial charge in [-0.3, -0.25) is 9.78 Å². The number of aromatic nitrogens is 4. The fourth-order valence-electron chi connectivity index (χ4n) is 2.40. The molecule has 0 unspecified atom stereocenters. The summed E-state index contributed by atoms with van der Waals surface area (Å²) < 4.78 is 15.2. The van der Waals surface area contributed by atoms with E-state index in [1.807, 2.05) is 23.6 Å². The Bertz CT molecular complexity index is 900. The summed E-state index contributed by atoms with van der Waals surface area (Å²) in [6.45, 7) is 4.45. The van der Waals surface area contributed by atoms with Crippen molar-refractivity contribution in [1.82, 2.24) is 19.7 Å². The highest BCUT2D eigenvalue weighted by atomic mass is 32.2. The Morgan fingerprint density at radius 1 is 1.27 bits per heavy atom. The molecule has 1 aromatic carbocycles. The molecule has 0 bridgehead atoms. The maximum absolute atomic E-state index is 13.2. The van der Waals surface area contributed by atoms with E-state index in [9.17, 15) is 9.18 Å². The molecule has 0 fully saturated rings. The zero-order valence-electron chi connectivity index (χ0n) is 14.4. The molecule has 3 rings (SSSR count). The zero-order chi connectivity index (χ0) is 18.5. The van der Waals surface area contributed by atoms with Gasteiger partial charge < -0.3 is 9.88 Å². The van der Waals surface area contributed by atoms with Crippen molar-refractivity contribution in [2.45, 2.75) is 30.8 Å². The molecule has 0 spiro atoms. The highest BCUT2D eigenvalue weighted by Gasteiger charge is 2.20. The van der Waals surface area contributed by atoms with Gasteiger partial charge in [-0.25, -0.2) is 4.39 Å². The van der Waals surface area contributed by atoms with Gasteiger partial charge in [-0.1, -0.05) is 17.8 Å². The summed E-state index contributed by atoms with van der Waals surface area (Å²) in [5.74, 6) is 0.114. The van der Waals surface area contributed by atoms with Crippen molar-refractivity contribution in [1.29, 1.82) is 0 Å². The number of nitrogens with zero attached hydrogens (tertiary/aromatic N) is 4. The normalized spacial score (nSPS) is 12.0. The molecule has 0 aliphatic rings. The van der Waals surface area contributed by atoms with Crippen molar-refractivity contribution in [2.75, 3.05) is 5.32 Å². The standard InChI is InChI=1S/C18H18FN5OS/c1-3-24-16(13-7-9-20-10-8-13)22-23-18(24)26-12(2)17(25)21-15-6-4-5-14(19)11-15/h4-12H,3H2,1-2H3,(H,21,25)/t12-/m1/s1. The molecule has 6 nitrogen and oxygen atoms in total. The second kappa shape index (κ2) is 8.09. The van der Waals surface area contributed by atoms with Gasteiger partial charge in [-0.15, -0.1) is 10.2 Å². The van der Waals surface area contributed by atoms with Crippen LogP contribution in [0, 0.1) is 5.82 Å². The number of benzene rings is 1. The molecule has 8 heteroatoms. The molecule has 1 amide bonds. The largest absolute Gasteiger partial charge is 0.325 e. The Labute approximate surface area is 154 Å². The van der Waals surface area contributed by atoms with Crippen molar-refractivity contribution in [3.8, 4) is 11.4 Å². The van der Waals surface area contributed by atoms with Crippen LogP contribution in [-0.2, 0) is 11.3 Å². The van der Waals surface area contributed by atoms with Gasteiger partial charge in [0.05, 0.1) is 5.25 Å². The Balaban J connectivity index is 1.74. The lowest BCUT2D eigenvalue weighted by atomic mass is 10.2. The van der Waals surface area contributed by atoms with Crippen LogP contribution in [0.4, 0.5) is 10.1 Å². The van der Waals surface area contributed by atoms with Crippen LogP contribution >= 0.6 is 11.8 Å². The van der Waals surface area contributed by atoms with E-state index in [4.69, 9.17) is 0 Å². The number of carbonyl (C=O) groups is 1. The molecule has 0 saturated heterocycles. The van der Waals surface area contributed by atoms with Crippen LogP contribution in [0.3, 0.4) is 0 Å². The zero-order valence-corrected chi connectivity index (χ0v) is 15.2. The minimum atomic E-state index is -0.418. The van der Waals surface area contributed by atoms with E-state index >= 15 is 0 Å². The summed E-state index contributed by atoms with van der Waals surface area (Å²) >= 11 is 1.31. The molecule has 0 saturated carbocycles. The van der Waals surface area contributed by atoms with Crippen molar-refractivity contribution in [2.24, 2.45) is 0 Å². The number of amides is 1. The number of rotatable bonds is 6. The highest BCUT2D eigenvalue weighted by Crippen LogP contribution is 2.27. The molecule has 0 aliphatic carbocycles. The Morgan fingerprint density at radius 2 is 2.04 bits per heavy atom. The quantitative estimate of drug-likeness (QED) is 0.670. The monoisotopic (exact) mass is 371 g/mol. The number of hydrogen-bond donors (Lipinski definition) is 1. The van der Waals surface area contributed by atoms with E-state index in [0.29, 0.717) is 17.4 Å². The first-order valence-corrected chi connectivity index (χ1v) is 9.03. The molecule has 26 heavy (non-hydrogen) atoms. The summed E-state index contributed by atoms with van der Waals surface area (Å²) in [6, 6.07) is 9.55. The van der Waals surface area contributed by atoms with Crippen molar-refractivity contribution in [3.63, 3.8) is 0 Å². The van der Waals surface area contributed by atoms with Crippen molar-refractivity contribution < 1.29 is 9.18 Å². The van der Waals surface area contributed by atoms with Gasteiger partial charge in [0, 0.05) is 30.2 Å². The second-order valence-corrected chi connectivity index (χ2v) is 6.85. The predicted octanol–water partition coefficient (Wildman–Crippen LogP) is 3.62. The van der Waals surface area contributed by atoms with E-state index in [0.717, 1.165) is 11.4 Å². The third-order valence-electron chi connectivity index (χ3n) is 3.72.